The van der Waals surface area contributed by atoms with E-state index in [9.17, 15) is 9.46 Å². The molecule has 0 heterocycles. The smallest absolute Gasteiger partial charge is 0.759 e. The van der Waals surface area contributed by atoms with Gasteiger partial charge in [-0.25, -0.2) is 0 Å². The maximum absolute atomic E-state index is 10.8. The molecule has 0 aliphatic heterocycles. The van der Waals surface area contributed by atoms with Crippen molar-refractivity contribution in [3.63, 3.8) is 0 Å². The number of benzene rings is 1. The molecule has 1 aromatic carbocycles. The van der Waals surface area contributed by atoms with Crippen LogP contribution in [0.15, 0.2) is 34.3 Å². The number of nitrogens with zero attached hydrogens (tertiary/aromatic N) is 2. The van der Waals surface area contributed by atoms with Gasteiger partial charge in [-0.05, 0) is 24.6 Å². The molecule has 0 saturated heterocycles. The molecule has 0 aromatic heterocycles. The van der Waals surface area contributed by atoms with Gasteiger partial charge in [0.05, 0.1) is 5.69 Å². The van der Waals surface area contributed by atoms with Gasteiger partial charge in [0.25, 0.3) is 7.75 Å². The summed E-state index contributed by atoms with van der Waals surface area (Å²) in [6.07, 6.45) is 0. The van der Waals surface area contributed by atoms with E-state index in [4.69, 9.17) is 0 Å². The van der Waals surface area contributed by atoms with Gasteiger partial charge < -0.3 is 9.42 Å². The predicted molar refractivity (Wildman–Crippen MR) is 50.3 cm³/mol. The summed E-state index contributed by atoms with van der Waals surface area (Å²) in [5.74, 6) is 0. The third-order valence-electron chi connectivity index (χ3n) is 1.50. The van der Waals surface area contributed by atoms with Crippen molar-refractivity contribution < 1.29 is 43.5 Å². The largest absolute Gasteiger partial charge is 1.00 e. The van der Waals surface area contributed by atoms with Crippen molar-refractivity contribution in [2.45, 2.75) is 6.92 Å². The van der Waals surface area contributed by atoms with Gasteiger partial charge in [-0.3, -0.25) is 4.57 Å². The van der Waals surface area contributed by atoms with Gasteiger partial charge in [0.2, 0.25) is 0 Å². The SMILES string of the molecule is COP(=O)([O-])N=Nc1cccc(C)c1.[Na+]. The Morgan fingerprint density at radius 3 is 2.67 bits per heavy atom. The molecule has 15 heavy (non-hydrogen) atoms. The molecule has 0 aliphatic rings. The molecular formula is C8H10N2NaO3P. The van der Waals surface area contributed by atoms with Crippen LogP contribution in [0.2, 0.25) is 0 Å². The third kappa shape index (κ3) is 5.56. The van der Waals surface area contributed by atoms with Crippen molar-refractivity contribution in [3.05, 3.63) is 29.8 Å². The molecule has 7 heteroatoms. The summed E-state index contributed by atoms with van der Waals surface area (Å²) in [5.41, 5.74) is 1.47. The molecule has 0 spiro atoms. The summed E-state index contributed by atoms with van der Waals surface area (Å²) in [4.78, 5) is 13.9. The van der Waals surface area contributed by atoms with E-state index in [1.54, 1.807) is 18.2 Å². The van der Waals surface area contributed by atoms with E-state index >= 15 is 0 Å². The summed E-state index contributed by atoms with van der Waals surface area (Å²) < 4.78 is 14.9. The zero-order valence-electron chi connectivity index (χ0n) is 8.88. The van der Waals surface area contributed by atoms with Crippen molar-refractivity contribution in [2.75, 3.05) is 7.11 Å². The molecular weight excluding hydrogens is 226 g/mol. The minimum Gasteiger partial charge on any atom is -0.759 e. The fourth-order valence-corrected chi connectivity index (χ4v) is 1.12. The third-order valence-corrected chi connectivity index (χ3v) is 2.27. The summed E-state index contributed by atoms with van der Waals surface area (Å²) >= 11 is 0. The van der Waals surface area contributed by atoms with Crippen LogP contribution in [0.3, 0.4) is 0 Å². The van der Waals surface area contributed by atoms with Gasteiger partial charge >= 0.3 is 29.6 Å². The van der Waals surface area contributed by atoms with Crippen molar-refractivity contribution in [1.29, 1.82) is 0 Å². The first-order chi connectivity index (χ1) is 6.53. The zero-order chi connectivity index (χ0) is 10.6. The second kappa shape index (κ2) is 6.53. The minimum atomic E-state index is -4.15. The van der Waals surface area contributed by atoms with Crippen LogP contribution in [-0.4, -0.2) is 7.11 Å². The fraction of sp³-hybridized carbons (Fsp3) is 0.250. The van der Waals surface area contributed by atoms with Crippen LogP contribution in [0.1, 0.15) is 5.56 Å². The van der Waals surface area contributed by atoms with Crippen LogP contribution >= 0.6 is 7.75 Å². The Hall–Kier alpha value is -0.0300. The van der Waals surface area contributed by atoms with Gasteiger partial charge in [-0.2, -0.15) is 0 Å². The quantitative estimate of drug-likeness (QED) is 0.391. The molecule has 1 rings (SSSR count). The molecule has 1 aromatic rings. The summed E-state index contributed by atoms with van der Waals surface area (Å²) in [6.45, 7) is 1.88. The average Bonchev–Trinajstić information content (AvgIpc) is 2.15. The first-order valence-electron chi connectivity index (χ1n) is 3.90. The van der Waals surface area contributed by atoms with Gasteiger partial charge in [0, 0.05) is 7.11 Å². The molecule has 5 nitrogen and oxygen atoms in total. The molecule has 0 N–H and O–H groups in total. The molecule has 1 unspecified atom stereocenters. The number of hydrogen-bond acceptors (Lipinski definition) is 4. The van der Waals surface area contributed by atoms with E-state index in [1.165, 1.54) is 0 Å². The Bertz CT molecular complexity index is 397. The average molecular weight is 236 g/mol. The van der Waals surface area contributed by atoms with Crippen molar-refractivity contribution in [1.82, 2.24) is 0 Å². The maximum atomic E-state index is 10.8. The molecule has 0 fully saturated rings. The monoisotopic (exact) mass is 236 g/mol. The Balaban J connectivity index is 0.00000196. The van der Waals surface area contributed by atoms with E-state index in [1.807, 2.05) is 13.0 Å². The summed E-state index contributed by atoms with van der Waals surface area (Å²) in [7, 11) is -3.10. The molecule has 76 valence electrons. The second-order valence-electron chi connectivity index (χ2n) is 2.68. The Morgan fingerprint density at radius 1 is 1.47 bits per heavy atom. The van der Waals surface area contributed by atoms with E-state index < -0.39 is 7.75 Å². The number of rotatable bonds is 3. The van der Waals surface area contributed by atoms with Crippen molar-refractivity contribution in [2.24, 2.45) is 10.00 Å². The van der Waals surface area contributed by atoms with E-state index in [0.717, 1.165) is 12.7 Å². The zero-order valence-corrected chi connectivity index (χ0v) is 11.8. The van der Waals surface area contributed by atoms with Crippen molar-refractivity contribution in [3.8, 4) is 0 Å². The summed E-state index contributed by atoms with van der Waals surface area (Å²) in [6, 6.07) is 7.03. The van der Waals surface area contributed by atoms with Gasteiger partial charge in [0.1, 0.15) is 0 Å². The van der Waals surface area contributed by atoms with Crippen LogP contribution in [0.25, 0.3) is 0 Å². The van der Waals surface area contributed by atoms with Crippen LogP contribution in [-0.2, 0) is 9.09 Å². The van der Waals surface area contributed by atoms with Gasteiger partial charge in [-0.15, -0.1) is 10.00 Å². The van der Waals surface area contributed by atoms with Gasteiger partial charge in [-0.1, -0.05) is 12.1 Å². The van der Waals surface area contributed by atoms with Crippen LogP contribution in [0, 0.1) is 6.92 Å². The predicted octanol–water partition coefficient (Wildman–Crippen LogP) is -0.802. The van der Waals surface area contributed by atoms with Gasteiger partial charge in [0.15, 0.2) is 0 Å². The normalized spacial score (nSPS) is 14.6. The molecule has 0 bridgehead atoms. The molecule has 0 saturated carbocycles. The van der Waals surface area contributed by atoms with Crippen LogP contribution in [0.5, 0.6) is 0 Å². The number of hydrogen-bond donors (Lipinski definition) is 0. The maximum Gasteiger partial charge on any atom is 1.00 e. The minimum absolute atomic E-state index is 0. The standard InChI is InChI=1S/C8H11N2O3P.Na/c1-7-4-3-5-8(6-7)9-10-14(11,12)13-2;/h3-6H,1-2H3,(H,11,12);/q;+1/p-1. The fourth-order valence-electron chi connectivity index (χ4n) is 0.833. The Kier molecular flexibility index (Phi) is 6.52. The molecule has 0 amide bonds. The van der Waals surface area contributed by atoms with Crippen LogP contribution in [0.4, 0.5) is 5.69 Å². The van der Waals surface area contributed by atoms with E-state index in [-0.39, 0.29) is 29.6 Å². The molecule has 0 radical (unpaired) electrons. The molecule has 1 atom stereocenters. The van der Waals surface area contributed by atoms with E-state index in [0.29, 0.717) is 5.69 Å². The topological polar surface area (TPSA) is 74.1 Å². The summed E-state index contributed by atoms with van der Waals surface area (Å²) in [5, 5.41) is 3.53. The first kappa shape index (κ1) is 15.0. The molecule has 0 aliphatic carbocycles. The van der Waals surface area contributed by atoms with E-state index in [2.05, 4.69) is 14.5 Å². The first-order valence-corrected chi connectivity index (χ1v) is 5.40. The second-order valence-corrected chi connectivity index (χ2v) is 4.16. The Labute approximate surface area is 110 Å². The number of aryl methyl sites for hydroxylation is 1. The van der Waals surface area contributed by atoms with Crippen molar-refractivity contribution >= 4 is 13.4 Å². The Morgan fingerprint density at radius 2 is 2.13 bits per heavy atom. The van der Waals surface area contributed by atoms with Crippen LogP contribution < -0.4 is 34.5 Å².